The van der Waals surface area contributed by atoms with E-state index in [4.69, 9.17) is 9.47 Å². The number of rotatable bonds is 4. The van der Waals surface area contributed by atoms with Crippen LogP contribution in [0.1, 0.15) is 11.3 Å². The van der Waals surface area contributed by atoms with E-state index in [1.165, 1.54) is 0 Å². The van der Waals surface area contributed by atoms with E-state index in [1.807, 2.05) is 54.6 Å². The van der Waals surface area contributed by atoms with Gasteiger partial charge in [0.25, 0.3) is 0 Å². The topological polar surface area (TPSA) is 44.2 Å². The highest BCUT2D eigenvalue weighted by Gasteiger charge is 1.99. The van der Waals surface area contributed by atoms with Crippen molar-refractivity contribution in [2.45, 2.75) is 0 Å². The lowest BCUT2D eigenvalue weighted by atomic mass is 10.1. The maximum absolute atomic E-state index is 5.22. The second kappa shape index (κ2) is 6.26. The Hall–Kier alpha value is -2.88. The maximum atomic E-state index is 5.22. The fraction of sp³-hybridized carbons (Fsp3) is 0.111. The Balaban J connectivity index is 1.88. The molecular formula is C18H16N2O2. The molecule has 0 radical (unpaired) electrons. The second-order valence-electron chi connectivity index (χ2n) is 4.76. The van der Waals surface area contributed by atoms with E-state index in [9.17, 15) is 0 Å². The predicted molar refractivity (Wildman–Crippen MR) is 88.0 cm³/mol. The van der Waals surface area contributed by atoms with Crippen LogP contribution in [0.5, 0.6) is 11.6 Å². The Morgan fingerprint density at radius 1 is 0.909 bits per heavy atom. The molecule has 2 aromatic heterocycles. The molecule has 0 atom stereocenters. The fourth-order valence-corrected chi connectivity index (χ4v) is 2.16. The first-order valence-corrected chi connectivity index (χ1v) is 6.91. The van der Waals surface area contributed by atoms with Crippen LogP contribution in [-0.2, 0) is 0 Å². The SMILES string of the molecule is COc1cc(/C=C/c2ccc3cc(O[11CH3])ccc3n2)ccn1. The number of benzene rings is 1. The van der Waals surface area contributed by atoms with E-state index in [1.54, 1.807) is 20.4 Å². The van der Waals surface area contributed by atoms with E-state index in [0.717, 1.165) is 27.9 Å². The monoisotopic (exact) mass is 291 g/mol. The Morgan fingerprint density at radius 2 is 1.82 bits per heavy atom. The van der Waals surface area contributed by atoms with Gasteiger partial charge in [0, 0.05) is 17.6 Å². The summed E-state index contributed by atoms with van der Waals surface area (Å²) in [7, 11) is 3.27. The molecule has 0 amide bonds. The molecular weight excluding hydrogens is 275 g/mol. The van der Waals surface area contributed by atoms with Gasteiger partial charge in [-0.05, 0) is 42.0 Å². The second-order valence-corrected chi connectivity index (χ2v) is 4.76. The summed E-state index contributed by atoms with van der Waals surface area (Å²) < 4.78 is 10.3. The Morgan fingerprint density at radius 3 is 2.64 bits per heavy atom. The summed E-state index contributed by atoms with van der Waals surface area (Å²) in [5.74, 6) is 1.43. The highest BCUT2D eigenvalue weighted by Crippen LogP contribution is 2.20. The van der Waals surface area contributed by atoms with Crippen LogP contribution in [0, 0.1) is 0 Å². The van der Waals surface area contributed by atoms with Gasteiger partial charge in [-0.2, -0.15) is 0 Å². The van der Waals surface area contributed by atoms with Crippen LogP contribution < -0.4 is 9.47 Å². The van der Waals surface area contributed by atoms with Gasteiger partial charge in [0.15, 0.2) is 0 Å². The Bertz CT molecular complexity index is 828. The smallest absolute Gasteiger partial charge is 0.213 e. The van der Waals surface area contributed by atoms with Gasteiger partial charge in [-0.1, -0.05) is 12.1 Å². The normalized spacial score (nSPS) is 11.0. The van der Waals surface area contributed by atoms with Crippen LogP contribution in [0.2, 0.25) is 0 Å². The number of hydrogen-bond acceptors (Lipinski definition) is 4. The van der Waals surface area contributed by atoms with E-state index >= 15 is 0 Å². The summed E-state index contributed by atoms with van der Waals surface area (Å²) in [6.07, 6.45) is 5.68. The summed E-state index contributed by atoms with van der Waals surface area (Å²) in [4.78, 5) is 8.71. The average molecular weight is 291 g/mol. The van der Waals surface area contributed by atoms with Gasteiger partial charge in [-0.25, -0.2) is 9.97 Å². The minimum atomic E-state index is 0.598. The first-order valence-electron chi connectivity index (χ1n) is 6.91. The fourth-order valence-electron chi connectivity index (χ4n) is 2.16. The van der Waals surface area contributed by atoms with Gasteiger partial charge in [0.1, 0.15) is 5.75 Å². The zero-order valence-corrected chi connectivity index (χ0v) is 12.5. The van der Waals surface area contributed by atoms with E-state index < -0.39 is 0 Å². The van der Waals surface area contributed by atoms with Crippen LogP contribution in [0.4, 0.5) is 0 Å². The van der Waals surface area contributed by atoms with Gasteiger partial charge < -0.3 is 9.47 Å². The number of ether oxygens (including phenoxy) is 2. The molecule has 4 nitrogen and oxygen atoms in total. The van der Waals surface area contributed by atoms with E-state index in [-0.39, 0.29) is 0 Å². The Kier molecular flexibility index (Phi) is 4.01. The molecule has 4 heteroatoms. The van der Waals surface area contributed by atoms with Crippen molar-refractivity contribution in [1.82, 2.24) is 9.97 Å². The third kappa shape index (κ3) is 3.06. The van der Waals surface area contributed by atoms with Crippen molar-refractivity contribution in [2.24, 2.45) is 0 Å². The van der Waals surface area contributed by atoms with Crippen LogP contribution >= 0.6 is 0 Å². The first-order chi connectivity index (χ1) is 10.8. The lowest BCUT2D eigenvalue weighted by Gasteiger charge is -2.03. The van der Waals surface area contributed by atoms with Crippen LogP contribution in [0.3, 0.4) is 0 Å². The predicted octanol–water partition coefficient (Wildman–Crippen LogP) is 3.82. The van der Waals surface area contributed by atoms with Gasteiger partial charge >= 0.3 is 0 Å². The minimum Gasteiger partial charge on any atom is -0.497 e. The molecule has 22 heavy (non-hydrogen) atoms. The standard InChI is InChI=1S/C18H16N2O2/c1-21-16-7-8-17-14(12-16)4-6-15(20-17)5-3-13-9-10-19-18(11-13)22-2/h3-12H,1-2H3/b5-3+/i1-1. The number of aromatic nitrogens is 2. The van der Waals surface area contributed by atoms with Gasteiger partial charge in [-0.3, -0.25) is 0 Å². The number of methoxy groups -OCH3 is 2. The van der Waals surface area contributed by atoms with Gasteiger partial charge in [-0.15, -0.1) is 0 Å². The highest BCUT2D eigenvalue weighted by molar-refractivity contribution is 5.82. The van der Waals surface area contributed by atoms with Crippen molar-refractivity contribution >= 4 is 23.1 Å². The molecule has 0 aliphatic rings. The molecule has 0 N–H and O–H groups in total. The third-order valence-corrected chi connectivity index (χ3v) is 3.33. The molecule has 0 aliphatic heterocycles. The molecule has 0 unspecified atom stereocenters. The summed E-state index contributed by atoms with van der Waals surface area (Å²) >= 11 is 0. The summed E-state index contributed by atoms with van der Waals surface area (Å²) in [6, 6.07) is 13.7. The van der Waals surface area contributed by atoms with Crippen molar-refractivity contribution in [3.8, 4) is 11.6 Å². The number of pyridine rings is 2. The maximum Gasteiger partial charge on any atom is 0.213 e. The van der Waals surface area contributed by atoms with Crippen molar-refractivity contribution in [3.63, 3.8) is 0 Å². The average Bonchev–Trinajstić information content (AvgIpc) is 2.59. The molecule has 3 aromatic rings. The molecule has 0 fully saturated rings. The third-order valence-electron chi connectivity index (χ3n) is 3.33. The number of hydrogen-bond donors (Lipinski definition) is 0. The lowest BCUT2D eigenvalue weighted by Crippen LogP contribution is -1.87. The van der Waals surface area contributed by atoms with Crippen LogP contribution in [0.25, 0.3) is 23.1 Å². The molecule has 1 aromatic carbocycles. The molecule has 0 aliphatic carbocycles. The first kappa shape index (κ1) is 14.1. The zero-order chi connectivity index (χ0) is 15.4. The lowest BCUT2D eigenvalue weighted by molar-refractivity contribution is 0.398. The van der Waals surface area contributed by atoms with Crippen molar-refractivity contribution in [1.29, 1.82) is 0 Å². The van der Waals surface area contributed by atoms with Gasteiger partial charge in [0.05, 0.1) is 25.4 Å². The Labute approximate surface area is 129 Å². The van der Waals surface area contributed by atoms with Crippen molar-refractivity contribution in [3.05, 3.63) is 59.9 Å². The van der Waals surface area contributed by atoms with E-state index in [0.29, 0.717) is 5.88 Å². The van der Waals surface area contributed by atoms with Crippen molar-refractivity contribution < 1.29 is 9.47 Å². The number of fused-ring (bicyclic) bond motifs is 1. The minimum absolute atomic E-state index is 0.598. The van der Waals surface area contributed by atoms with Crippen molar-refractivity contribution in [2.75, 3.05) is 14.2 Å². The van der Waals surface area contributed by atoms with E-state index in [2.05, 4.69) is 9.97 Å². The molecule has 3 rings (SSSR count). The van der Waals surface area contributed by atoms with Gasteiger partial charge in [0.2, 0.25) is 5.88 Å². The summed E-state index contributed by atoms with van der Waals surface area (Å²) in [5, 5.41) is 1.06. The molecule has 0 bridgehead atoms. The molecule has 0 saturated carbocycles. The molecule has 0 spiro atoms. The quantitative estimate of drug-likeness (QED) is 0.733. The summed E-state index contributed by atoms with van der Waals surface area (Å²) in [5.41, 5.74) is 2.85. The molecule has 110 valence electrons. The van der Waals surface area contributed by atoms with Crippen LogP contribution in [-0.4, -0.2) is 24.2 Å². The number of nitrogens with zero attached hydrogens (tertiary/aromatic N) is 2. The molecule has 0 saturated heterocycles. The largest absolute Gasteiger partial charge is 0.497 e. The summed E-state index contributed by atoms with van der Waals surface area (Å²) in [6.45, 7) is 0. The molecule has 2 heterocycles. The highest BCUT2D eigenvalue weighted by atomic mass is 16.5. The zero-order valence-electron chi connectivity index (χ0n) is 12.5. The van der Waals surface area contributed by atoms with Crippen LogP contribution in [0.15, 0.2) is 48.7 Å².